The van der Waals surface area contributed by atoms with Crippen molar-refractivity contribution in [1.82, 2.24) is 14.8 Å². The van der Waals surface area contributed by atoms with Gasteiger partial charge in [0.1, 0.15) is 0 Å². The van der Waals surface area contributed by atoms with Gasteiger partial charge in [0.15, 0.2) is 0 Å². The first-order valence-electron chi connectivity index (χ1n) is 6.12. The maximum Gasteiger partial charge on any atom is 0.257 e. The van der Waals surface area contributed by atoms with Crippen LogP contribution in [-0.2, 0) is 0 Å². The van der Waals surface area contributed by atoms with Gasteiger partial charge in [-0.25, -0.2) is 0 Å². The molecule has 18 heavy (non-hydrogen) atoms. The van der Waals surface area contributed by atoms with E-state index in [9.17, 15) is 4.79 Å². The second kappa shape index (κ2) is 4.57. The summed E-state index contributed by atoms with van der Waals surface area (Å²) in [7, 11) is 2.08. The van der Waals surface area contributed by atoms with Crippen molar-refractivity contribution >= 4 is 11.6 Å². The number of pyridine rings is 1. The van der Waals surface area contributed by atoms with Gasteiger partial charge in [-0.15, -0.1) is 0 Å². The van der Waals surface area contributed by atoms with Crippen LogP contribution < -0.4 is 5.73 Å². The van der Waals surface area contributed by atoms with Gasteiger partial charge in [0.25, 0.3) is 5.91 Å². The van der Waals surface area contributed by atoms with Crippen LogP contribution in [0.15, 0.2) is 18.5 Å². The zero-order valence-corrected chi connectivity index (χ0v) is 11.2. The van der Waals surface area contributed by atoms with Crippen LogP contribution in [0.3, 0.4) is 0 Å². The molecule has 0 spiro atoms. The quantitative estimate of drug-likeness (QED) is 0.799. The fraction of sp³-hybridized carbons (Fsp3) is 0.538. The normalized spacial score (nSPS) is 19.8. The van der Waals surface area contributed by atoms with Gasteiger partial charge < -0.3 is 10.6 Å². The Kier molecular flexibility index (Phi) is 3.26. The Morgan fingerprint density at radius 3 is 2.78 bits per heavy atom. The van der Waals surface area contributed by atoms with E-state index in [4.69, 9.17) is 5.73 Å². The van der Waals surface area contributed by atoms with Crippen molar-refractivity contribution in [3.63, 3.8) is 0 Å². The number of nitrogen functional groups attached to an aromatic ring is 1. The van der Waals surface area contributed by atoms with E-state index in [1.165, 1.54) is 0 Å². The fourth-order valence-corrected chi connectivity index (χ4v) is 2.17. The number of aromatic nitrogens is 1. The van der Waals surface area contributed by atoms with Crippen LogP contribution >= 0.6 is 0 Å². The molecule has 1 saturated heterocycles. The first kappa shape index (κ1) is 12.8. The number of nitrogens with two attached hydrogens (primary N) is 1. The van der Waals surface area contributed by atoms with Crippen LogP contribution in [-0.4, -0.2) is 52.9 Å². The van der Waals surface area contributed by atoms with Crippen LogP contribution in [0.1, 0.15) is 24.2 Å². The molecule has 0 saturated carbocycles. The minimum absolute atomic E-state index is 0.00905. The van der Waals surface area contributed by atoms with Crippen LogP contribution in [0.25, 0.3) is 0 Å². The van der Waals surface area contributed by atoms with E-state index in [1.54, 1.807) is 18.5 Å². The molecule has 1 aliphatic heterocycles. The molecule has 98 valence electrons. The highest BCUT2D eigenvalue weighted by Crippen LogP contribution is 2.21. The summed E-state index contributed by atoms with van der Waals surface area (Å²) in [5.74, 6) is -0.0261. The van der Waals surface area contributed by atoms with Gasteiger partial charge in [0.05, 0.1) is 5.56 Å². The Hall–Kier alpha value is -1.62. The van der Waals surface area contributed by atoms with Crippen molar-refractivity contribution in [2.24, 2.45) is 0 Å². The minimum Gasteiger partial charge on any atom is -0.398 e. The van der Waals surface area contributed by atoms with E-state index in [-0.39, 0.29) is 11.4 Å². The SMILES string of the molecule is CN1CCN(C(=O)c2cnccc2N)CC1(C)C. The molecule has 5 nitrogen and oxygen atoms in total. The van der Waals surface area contributed by atoms with Gasteiger partial charge in [-0.05, 0) is 27.0 Å². The highest BCUT2D eigenvalue weighted by Gasteiger charge is 2.33. The van der Waals surface area contributed by atoms with Crippen LogP contribution in [0.2, 0.25) is 0 Å². The third-order valence-electron chi connectivity index (χ3n) is 3.69. The topological polar surface area (TPSA) is 62.5 Å². The van der Waals surface area contributed by atoms with E-state index in [0.717, 1.165) is 13.1 Å². The zero-order chi connectivity index (χ0) is 13.3. The summed E-state index contributed by atoms with van der Waals surface area (Å²) < 4.78 is 0. The summed E-state index contributed by atoms with van der Waals surface area (Å²) in [4.78, 5) is 20.5. The van der Waals surface area contributed by atoms with E-state index in [2.05, 4.69) is 30.8 Å². The van der Waals surface area contributed by atoms with Crippen LogP contribution in [0, 0.1) is 0 Å². The molecule has 1 aromatic rings. The average Bonchev–Trinajstić information content (AvgIpc) is 2.32. The molecule has 5 heteroatoms. The number of anilines is 1. The molecular weight excluding hydrogens is 228 g/mol. The predicted molar refractivity (Wildman–Crippen MR) is 71.3 cm³/mol. The number of hydrogen-bond acceptors (Lipinski definition) is 4. The van der Waals surface area contributed by atoms with E-state index in [0.29, 0.717) is 17.8 Å². The molecule has 0 aliphatic carbocycles. The average molecular weight is 248 g/mol. The summed E-state index contributed by atoms with van der Waals surface area (Å²) in [6.45, 7) is 6.58. The van der Waals surface area contributed by atoms with Crippen molar-refractivity contribution in [2.45, 2.75) is 19.4 Å². The maximum absolute atomic E-state index is 12.4. The summed E-state index contributed by atoms with van der Waals surface area (Å²) in [5.41, 5.74) is 6.81. The lowest BCUT2D eigenvalue weighted by atomic mass is 9.99. The van der Waals surface area contributed by atoms with Gasteiger partial charge in [0, 0.05) is 43.3 Å². The second-order valence-electron chi connectivity index (χ2n) is 5.42. The molecule has 0 bridgehead atoms. The molecule has 2 heterocycles. The molecule has 1 aliphatic rings. The smallest absolute Gasteiger partial charge is 0.257 e. The van der Waals surface area contributed by atoms with Crippen molar-refractivity contribution in [3.05, 3.63) is 24.0 Å². The molecule has 2 rings (SSSR count). The standard InChI is InChI=1S/C13H20N4O/c1-13(2)9-17(7-6-16(13)3)12(18)10-8-15-5-4-11(10)14/h4-5,8H,6-7,9H2,1-3H3,(H2,14,15). The molecule has 1 aromatic heterocycles. The predicted octanol–water partition coefficient (Wildman–Crippen LogP) is 0.830. The van der Waals surface area contributed by atoms with Crippen molar-refractivity contribution in [2.75, 3.05) is 32.4 Å². The van der Waals surface area contributed by atoms with Crippen LogP contribution in [0.5, 0.6) is 0 Å². The highest BCUT2D eigenvalue weighted by molar-refractivity contribution is 5.98. The maximum atomic E-state index is 12.4. The number of carbonyl (C=O) groups excluding carboxylic acids is 1. The van der Waals surface area contributed by atoms with Crippen molar-refractivity contribution < 1.29 is 4.79 Å². The Bertz CT molecular complexity index is 458. The van der Waals surface area contributed by atoms with E-state index >= 15 is 0 Å². The number of nitrogens with zero attached hydrogens (tertiary/aromatic N) is 3. The number of piperazine rings is 1. The lowest BCUT2D eigenvalue weighted by molar-refractivity contribution is 0.0312. The lowest BCUT2D eigenvalue weighted by Crippen LogP contribution is -2.58. The lowest BCUT2D eigenvalue weighted by Gasteiger charge is -2.45. The molecule has 1 fully saturated rings. The minimum atomic E-state index is -0.0261. The zero-order valence-electron chi connectivity index (χ0n) is 11.2. The molecular formula is C13H20N4O. The Balaban J connectivity index is 2.18. The van der Waals surface area contributed by atoms with E-state index in [1.807, 2.05) is 4.90 Å². The molecule has 0 atom stereocenters. The summed E-state index contributed by atoms with van der Waals surface area (Å²) in [6.07, 6.45) is 3.14. The largest absolute Gasteiger partial charge is 0.398 e. The van der Waals surface area contributed by atoms with E-state index < -0.39 is 0 Å². The number of hydrogen-bond donors (Lipinski definition) is 1. The number of rotatable bonds is 1. The van der Waals surface area contributed by atoms with Gasteiger partial charge in [-0.3, -0.25) is 14.7 Å². The Morgan fingerprint density at radius 1 is 1.44 bits per heavy atom. The fourth-order valence-electron chi connectivity index (χ4n) is 2.17. The Labute approximate surface area is 108 Å². The summed E-state index contributed by atoms with van der Waals surface area (Å²) >= 11 is 0. The first-order valence-corrected chi connectivity index (χ1v) is 6.12. The van der Waals surface area contributed by atoms with Crippen molar-refractivity contribution in [1.29, 1.82) is 0 Å². The summed E-state index contributed by atoms with van der Waals surface area (Å²) in [5, 5.41) is 0. The van der Waals surface area contributed by atoms with Gasteiger partial charge >= 0.3 is 0 Å². The second-order valence-corrected chi connectivity index (χ2v) is 5.42. The van der Waals surface area contributed by atoms with Crippen molar-refractivity contribution in [3.8, 4) is 0 Å². The summed E-state index contributed by atoms with van der Waals surface area (Å²) in [6, 6.07) is 1.66. The first-order chi connectivity index (χ1) is 8.42. The van der Waals surface area contributed by atoms with Gasteiger partial charge in [-0.2, -0.15) is 0 Å². The third kappa shape index (κ3) is 2.31. The monoisotopic (exact) mass is 248 g/mol. The molecule has 2 N–H and O–H groups in total. The molecule has 0 aromatic carbocycles. The molecule has 0 unspecified atom stereocenters. The number of carbonyl (C=O) groups is 1. The van der Waals surface area contributed by atoms with Crippen LogP contribution in [0.4, 0.5) is 5.69 Å². The van der Waals surface area contributed by atoms with Gasteiger partial charge in [0.2, 0.25) is 0 Å². The Morgan fingerprint density at radius 2 is 2.17 bits per heavy atom. The number of likely N-dealkylation sites (N-methyl/N-ethyl adjacent to an activating group) is 1. The van der Waals surface area contributed by atoms with Gasteiger partial charge in [-0.1, -0.05) is 0 Å². The third-order valence-corrected chi connectivity index (χ3v) is 3.69. The molecule has 1 amide bonds. The molecule has 0 radical (unpaired) electrons. The highest BCUT2D eigenvalue weighted by atomic mass is 16.2. The number of amides is 1.